The van der Waals surface area contributed by atoms with E-state index in [1.807, 2.05) is 0 Å². The molecular weight excluding hydrogens is 299 g/mol. The maximum Gasteiger partial charge on any atom is 0.435 e. The van der Waals surface area contributed by atoms with Crippen LogP contribution >= 0.6 is 0 Å². The average Bonchev–Trinajstić information content (AvgIpc) is 2.94. The van der Waals surface area contributed by atoms with Gasteiger partial charge in [-0.05, 0) is 25.7 Å². The Balaban J connectivity index is 1.83. The first-order valence-corrected chi connectivity index (χ1v) is 6.82. The quantitative estimate of drug-likeness (QED) is 0.811. The molecule has 1 saturated carbocycles. The van der Waals surface area contributed by atoms with E-state index >= 15 is 0 Å². The van der Waals surface area contributed by atoms with E-state index in [1.54, 1.807) is 0 Å². The average molecular weight is 313 g/mol. The van der Waals surface area contributed by atoms with E-state index in [4.69, 9.17) is 0 Å². The molecule has 9 heteroatoms. The van der Waals surface area contributed by atoms with Crippen LogP contribution in [-0.4, -0.2) is 26.1 Å². The Morgan fingerprint density at radius 2 is 2.18 bits per heavy atom. The Kier molecular flexibility index (Phi) is 3.42. The number of nitrogens with zero attached hydrogens (tertiary/aromatic N) is 2. The lowest BCUT2D eigenvalue weighted by Gasteiger charge is -2.03. The molecule has 3 rings (SSSR count). The molecule has 1 fully saturated rings. The van der Waals surface area contributed by atoms with Gasteiger partial charge in [-0.1, -0.05) is 0 Å². The number of carbonyl (C=O) groups is 1. The highest BCUT2D eigenvalue weighted by Gasteiger charge is 2.36. The third-order valence-electron chi connectivity index (χ3n) is 3.46. The standard InChI is InChI=1S/C13H14F3N5O/c1-6-11(13(14,15)16)20-12(18-6)10-8(5-17-21-10)19-9(22)4-7-2-3-7/h5,7H,2-4H2,1H3,(H,17,21)(H,18,20)(H,19,22). The molecule has 0 aromatic carbocycles. The molecule has 2 aromatic rings. The van der Waals surface area contributed by atoms with Gasteiger partial charge in [-0.15, -0.1) is 0 Å². The number of alkyl halides is 3. The van der Waals surface area contributed by atoms with Crippen LogP contribution in [0.1, 0.15) is 30.7 Å². The van der Waals surface area contributed by atoms with Gasteiger partial charge >= 0.3 is 6.18 Å². The van der Waals surface area contributed by atoms with Gasteiger partial charge < -0.3 is 10.3 Å². The Bertz CT molecular complexity index is 699. The van der Waals surface area contributed by atoms with Crippen LogP contribution in [0.4, 0.5) is 18.9 Å². The van der Waals surface area contributed by atoms with Crippen molar-refractivity contribution in [2.24, 2.45) is 5.92 Å². The fourth-order valence-electron chi connectivity index (χ4n) is 2.20. The first-order valence-electron chi connectivity index (χ1n) is 6.82. The van der Waals surface area contributed by atoms with Gasteiger partial charge in [-0.25, -0.2) is 4.98 Å². The molecular formula is C13H14F3N5O. The van der Waals surface area contributed by atoms with Gasteiger partial charge in [0.15, 0.2) is 17.2 Å². The van der Waals surface area contributed by atoms with Gasteiger partial charge in [0.1, 0.15) is 0 Å². The van der Waals surface area contributed by atoms with Gasteiger partial charge in [0.2, 0.25) is 5.91 Å². The SMILES string of the molecule is Cc1[nH]c(-c2n[nH]cc2NC(=O)CC2CC2)nc1C(F)(F)F. The zero-order valence-corrected chi connectivity index (χ0v) is 11.7. The lowest BCUT2D eigenvalue weighted by molar-refractivity contribution is -0.141. The van der Waals surface area contributed by atoms with E-state index in [-0.39, 0.29) is 23.1 Å². The molecule has 0 bridgehead atoms. The number of aromatic amines is 2. The van der Waals surface area contributed by atoms with Crippen molar-refractivity contribution in [2.75, 3.05) is 5.32 Å². The van der Waals surface area contributed by atoms with Crippen LogP contribution in [0.2, 0.25) is 0 Å². The Hall–Kier alpha value is -2.32. The van der Waals surface area contributed by atoms with E-state index in [2.05, 4.69) is 25.5 Å². The maximum atomic E-state index is 12.8. The number of carbonyl (C=O) groups excluding carboxylic acids is 1. The molecule has 2 heterocycles. The third kappa shape index (κ3) is 2.97. The number of amides is 1. The summed E-state index contributed by atoms with van der Waals surface area (Å²) >= 11 is 0. The predicted molar refractivity (Wildman–Crippen MR) is 71.9 cm³/mol. The minimum atomic E-state index is -4.54. The minimum absolute atomic E-state index is 0.0344. The van der Waals surface area contributed by atoms with Gasteiger partial charge in [0.25, 0.3) is 0 Å². The lowest BCUT2D eigenvalue weighted by atomic mass is 10.2. The predicted octanol–water partition coefficient (Wildman–Crippen LogP) is 2.87. The van der Waals surface area contributed by atoms with Crippen molar-refractivity contribution in [3.8, 4) is 11.5 Å². The van der Waals surface area contributed by atoms with Crippen molar-refractivity contribution >= 4 is 11.6 Å². The summed E-state index contributed by atoms with van der Waals surface area (Å²) in [5.41, 5.74) is -0.614. The second-order valence-electron chi connectivity index (χ2n) is 5.40. The van der Waals surface area contributed by atoms with E-state index < -0.39 is 11.9 Å². The van der Waals surface area contributed by atoms with Gasteiger partial charge in [-0.3, -0.25) is 9.89 Å². The molecule has 0 aliphatic heterocycles. The first-order chi connectivity index (χ1) is 10.3. The molecule has 22 heavy (non-hydrogen) atoms. The van der Waals surface area contributed by atoms with Crippen molar-refractivity contribution < 1.29 is 18.0 Å². The number of aromatic nitrogens is 4. The van der Waals surface area contributed by atoms with E-state index in [9.17, 15) is 18.0 Å². The lowest BCUT2D eigenvalue weighted by Crippen LogP contribution is -2.12. The molecule has 1 aliphatic rings. The number of halogens is 3. The molecule has 0 radical (unpaired) electrons. The number of rotatable bonds is 4. The summed E-state index contributed by atoms with van der Waals surface area (Å²) in [6, 6.07) is 0. The Labute approximate surface area is 123 Å². The van der Waals surface area contributed by atoms with Crippen LogP contribution in [0.25, 0.3) is 11.5 Å². The summed E-state index contributed by atoms with van der Waals surface area (Å²) in [4.78, 5) is 17.9. The highest BCUT2D eigenvalue weighted by Crippen LogP contribution is 2.34. The summed E-state index contributed by atoms with van der Waals surface area (Å²) in [6.07, 6.45) is -0.624. The number of anilines is 1. The Morgan fingerprint density at radius 3 is 2.77 bits per heavy atom. The molecule has 2 aromatic heterocycles. The van der Waals surface area contributed by atoms with Crippen molar-refractivity contribution in [1.82, 2.24) is 20.2 Å². The van der Waals surface area contributed by atoms with E-state index in [1.165, 1.54) is 13.1 Å². The summed E-state index contributed by atoms with van der Waals surface area (Å²) in [5, 5.41) is 9.06. The highest BCUT2D eigenvalue weighted by atomic mass is 19.4. The summed E-state index contributed by atoms with van der Waals surface area (Å²) in [7, 11) is 0. The molecule has 0 atom stereocenters. The van der Waals surface area contributed by atoms with E-state index in [0.717, 1.165) is 12.8 Å². The van der Waals surface area contributed by atoms with Crippen LogP contribution < -0.4 is 5.32 Å². The number of H-pyrrole nitrogens is 2. The molecule has 1 aliphatic carbocycles. The number of hydrogen-bond donors (Lipinski definition) is 3. The second kappa shape index (κ2) is 5.15. The topological polar surface area (TPSA) is 86.5 Å². The number of aryl methyl sites for hydroxylation is 1. The highest BCUT2D eigenvalue weighted by molar-refractivity contribution is 5.94. The van der Waals surface area contributed by atoms with Crippen molar-refractivity contribution in [1.29, 1.82) is 0 Å². The molecule has 0 unspecified atom stereocenters. The molecule has 3 N–H and O–H groups in total. The molecule has 6 nitrogen and oxygen atoms in total. The largest absolute Gasteiger partial charge is 0.435 e. The normalized spacial score (nSPS) is 15.1. The van der Waals surface area contributed by atoms with Crippen molar-refractivity contribution in [3.63, 3.8) is 0 Å². The van der Waals surface area contributed by atoms with Crippen LogP contribution in [0.15, 0.2) is 6.20 Å². The molecule has 1 amide bonds. The van der Waals surface area contributed by atoms with Gasteiger partial charge in [0, 0.05) is 18.3 Å². The van der Waals surface area contributed by atoms with Gasteiger partial charge in [-0.2, -0.15) is 18.3 Å². The zero-order valence-electron chi connectivity index (χ0n) is 11.7. The maximum absolute atomic E-state index is 12.8. The van der Waals surface area contributed by atoms with Crippen molar-refractivity contribution in [3.05, 3.63) is 17.6 Å². The minimum Gasteiger partial charge on any atom is -0.340 e. The number of nitrogens with one attached hydrogen (secondary N) is 3. The molecule has 0 saturated heterocycles. The zero-order chi connectivity index (χ0) is 15.9. The third-order valence-corrected chi connectivity index (χ3v) is 3.46. The molecule has 118 valence electrons. The number of imidazole rings is 1. The monoisotopic (exact) mass is 313 g/mol. The van der Waals surface area contributed by atoms with E-state index in [0.29, 0.717) is 18.0 Å². The fraction of sp³-hybridized carbons (Fsp3) is 0.462. The smallest absolute Gasteiger partial charge is 0.340 e. The van der Waals surface area contributed by atoms with Crippen LogP contribution in [0, 0.1) is 12.8 Å². The van der Waals surface area contributed by atoms with Crippen LogP contribution in [0.5, 0.6) is 0 Å². The summed E-state index contributed by atoms with van der Waals surface area (Å²) < 4.78 is 38.4. The summed E-state index contributed by atoms with van der Waals surface area (Å²) in [5.74, 6) is 0.204. The van der Waals surface area contributed by atoms with Crippen LogP contribution in [0.3, 0.4) is 0 Å². The Morgan fingerprint density at radius 1 is 1.45 bits per heavy atom. The summed E-state index contributed by atoms with van der Waals surface area (Å²) in [6.45, 7) is 1.29. The molecule has 0 spiro atoms. The second-order valence-corrected chi connectivity index (χ2v) is 5.40. The van der Waals surface area contributed by atoms with Gasteiger partial charge in [0.05, 0.1) is 5.69 Å². The number of hydrogen-bond acceptors (Lipinski definition) is 3. The van der Waals surface area contributed by atoms with Crippen LogP contribution in [-0.2, 0) is 11.0 Å². The first kappa shape index (κ1) is 14.6. The van der Waals surface area contributed by atoms with Crippen molar-refractivity contribution in [2.45, 2.75) is 32.4 Å². The fourth-order valence-corrected chi connectivity index (χ4v) is 2.20.